The van der Waals surface area contributed by atoms with E-state index in [1.165, 1.54) is 0 Å². The third-order valence-corrected chi connectivity index (χ3v) is 4.58. The van der Waals surface area contributed by atoms with Crippen LogP contribution in [-0.4, -0.2) is 34.9 Å². The Morgan fingerprint density at radius 1 is 1.20 bits per heavy atom. The van der Waals surface area contributed by atoms with Gasteiger partial charge in [0.2, 0.25) is 0 Å². The molecule has 0 radical (unpaired) electrons. The third-order valence-electron chi connectivity index (χ3n) is 4.58. The first-order chi connectivity index (χ1) is 12.2. The van der Waals surface area contributed by atoms with Gasteiger partial charge in [0.25, 0.3) is 5.91 Å². The van der Waals surface area contributed by atoms with Crippen molar-refractivity contribution in [1.82, 2.24) is 9.88 Å². The second kappa shape index (κ2) is 6.61. The lowest BCUT2D eigenvalue weighted by atomic mass is 10.2. The van der Waals surface area contributed by atoms with Crippen LogP contribution in [0.4, 0.5) is 0 Å². The van der Waals surface area contributed by atoms with E-state index in [0.29, 0.717) is 18.8 Å². The number of ether oxygens (including phenoxy) is 1. The zero-order chi connectivity index (χ0) is 17.2. The van der Waals surface area contributed by atoms with Gasteiger partial charge in [-0.2, -0.15) is 0 Å². The normalized spacial score (nSPS) is 17.2. The molecule has 2 aromatic carbocycles. The van der Waals surface area contributed by atoms with Gasteiger partial charge in [0.05, 0.1) is 0 Å². The summed E-state index contributed by atoms with van der Waals surface area (Å²) in [5, 5.41) is 0.999. The number of hydrogen-bond acceptors (Lipinski definition) is 3. The molecular weight excluding hydrogens is 314 g/mol. The van der Waals surface area contributed by atoms with Crippen LogP contribution in [0.3, 0.4) is 0 Å². The Morgan fingerprint density at radius 2 is 2.04 bits per heavy atom. The summed E-state index contributed by atoms with van der Waals surface area (Å²) in [6.07, 6.45) is 0.865. The highest BCUT2D eigenvalue weighted by Crippen LogP contribution is 2.23. The number of likely N-dealkylation sites (tertiary alicyclic amines) is 1. The van der Waals surface area contributed by atoms with Crippen LogP contribution in [0.1, 0.15) is 22.5 Å². The van der Waals surface area contributed by atoms with Crippen LogP contribution in [-0.2, 0) is 6.61 Å². The Kier molecular flexibility index (Phi) is 4.15. The van der Waals surface area contributed by atoms with E-state index >= 15 is 0 Å². The molecule has 25 heavy (non-hydrogen) atoms. The van der Waals surface area contributed by atoms with Gasteiger partial charge < -0.3 is 20.4 Å². The molecule has 2 heterocycles. The molecule has 4 rings (SSSR count). The summed E-state index contributed by atoms with van der Waals surface area (Å²) in [5.41, 5.74) is 8.52. The number of nitrogens with one attached hydrogen (secondary N) is 1. The first kappa shape index (κ1) is 15.7. The highest BCUT2D eigenvalue weighted by molar-refractivity contribution is 5.98. The first-order valence-electron chi connectivity index (χ1n) is 8.53. The van der Waals surface area contributed by atoms with Gasteiger partial charge in [-0.25, -0.2) is 0 Å². The third kappa shape index (κ3) is 3.37. The van der Waals surface area contributed by atoms with Gasteiger partial charge in [0.15, 0.2) is 0 Å². The van der Waals surface area contributed by atoms with Crippen LogP contribution in [0.25, 0.3) is 10.9 Å². The predicted molar refractivity (Wildman–Crippen MR) is 97.6 cm³/mol. The summed E-state index contributed by atoms with van der Waals surface area (Å²) in [6.45, 7) is 1.87. The molecule has 1 aliphatic heterocycles. The van der Waals surface area contributed by atoms with Crippen LogP contribution in [0.2, 0.25) is 0 Å². The fraction of sp³-hybridized carbons (Fsp3) is 0.250. The van der Waals surface area contributed by atoms with E-state index in [9.17, 15) is 4.79 Å². The molecule has 3 aromatic rings. The van der Waals surface area contributed by atoms with Gasteiger partial charge in [0, 0.05) is 36.1 Å². The molecule has 0 bridgehead atoms. The van der Waals surface area contributed by atoms with Crippen molar-refractivity contribution < 1.29 is 9.53 Å². The highest BCUT2D eigenvalue weighted by atomic mass is 16.5. The molecule has 1 unspecified atom stereocenters. The number of aromatic nitrogens is 1. The maximum Gasteiger partial charge on any atom is 0.270 e. The molecule has 5 heteroatoms. The van der Waals surface area contributed by atoms with Crippen molar-refractivity contribution in [2.75, 3.05) is 13.1 Å². The van der Waals surface area contributed by atoms with Gasteiger partial charge in [-0.1, -0.05) is 30.3 Å². The minimum Gasteiger partial charge on any atom is -0.489 e. The number of amides is 1. The lowest BCUT2D eigenvalue weighted by Gasteiger charge is -2.14. The topological polar surface area (TPSA) is 71.3 Å². The fourth-order valence-electron chi connectivity index (χ4n) is 3.19. The number of fused-ring (bicyclic) bond motifs is 1. The van der Waals surface area contributed by atoms with Crippen LogP contribution in [0.15, 0.2) is 54.6 Å². The Labute approximate surface area is 146 Å². The maximum absolute atomic E-state index is 12.6. The van der Waals surface area contributed by atoms with Gasteiger partial charge in [-0.3, -0.25) is 4.79 Å². The number of carbonyl (C=O) groups is 1. The number of hydrogen-bond donors (Lipinski definition) is 2. The minimum absolute atomic E-state index is 0.0101. The second-order valence-corrected chi connectivity index (χ2v) is 6.51. The van der Waals surface area contributed by atoms with Crippen LogP contribution < -0.4 is 10.5 Å². The van der Waals surface area contributed by atoms with Crippen molar-refractivity contribution >= 4 is 16.8 Å². The lowest BCUT2D eigenvalue weighted by Crippen LogP contribution is -2.32. The van der Waals surface area contributed by atoms with E-state index in [0.717, 1.165) is 35.2 Å². The van der Waals surface area contributed by atoms with Crippen LogP contribution in [0.5, 0.6) is 5.75 Å². The Balaban J connectivity index is 1.50. The molecule has 1 saturated heterocycles. The van der Waals surface area contributed by atoms with Crippen molar-refractivity contribution in [2.24, 2.45) is 5.73 Å². The van der Waals surface area contributed by atoms with E-state index in [1.54, 1.807) is 0 Å². The molecule has 1 atom stereocenters. The van der Waals surface area contributed by atoms with Crippen molar-refractivity contribution in [3.8, 4) is 5.75 Å². The molecular formula is C20H21N3O2. The lowest BCUT2D eigenvalue weighted by molar-refractivity contribution is 0.0786. The largest absolute Gasteiger partial charge is 0.489 e. The van der Waals surface area contributed by atoms with Gasteiger partial charge in [0.1, 0.15) is 18.1 Å². The smallest absolute Gasteiger partial charge is 0.270 e. The molecule has 1 amide bonds. The van der Waals surface area contributed by atoms with Gasteiger partial charge in [-0.05, 0) is 30.2 Å². The monoisotopic (exact) mass is 335 g/mol. The quantitative estimate of drug-likeness (QED) is 0.770. The molecule has 1 aliphatic rings. The average Bonchev–Trinajstić information content (AvgIpc) is 3.26. The fourth-order valence-corrected chi connectivity index (χ4v) is 3.19. The average molecular weight is 335 g/mol. The van der Waals surface area contributed by atoms with Crippen LogP contribution in [0, 0.1) is 0 Å². The Bertz CT molecular complexity index is 888. The van der Waals surface area contributed by atoms with Crippen molar-refractivity contribution in [3.63, 3.8) is 0 Å². The van der Waals surface area contributed by atoms with Crippen molar-refractivity contribution in [2.45, 2.75) is 19.1 Å². The van der Waals surface area contributed by atoms with Gasteiger partial charge in [-0.15, -0.1) is 0 Å². The molecule has 0 saturated carbocycles. The summed E-state index contributed by atoms with van der Waals surface area (Å²) in [7, 11) is 0. The molecule has 1 fully saturated rings. The van der Waals surface area contributed by atoms with E-state index in [-0.39, 0.29) is 11.9 Å². The molecule has 5 nitrogen and oxygen atoms in total. The number of rotatable bonds is 4. The number of nitrogens with zero attached hydrogens (tertiary/aromatic N) is 1. The maximum atomic E-state index is 12.6. The standard InChI is InChI=1S/C20H21N3O2/c21-16-8-9-23(12-16)20(24)19-10-15-6-7-17(11-18(15)22-19)25-13-14-4-2-1-3-5-14/h1-7,10-11,16,22H,8-9,12-13,21H2. The molecule has 128 valence electrons. The summed E-state index contributed by atoms with van der Waals surface area (Å²) in [5.74, 6) is 0.788. The zero-order valence-corrected chi connectivity index (χ0v) is 13.9. The predicted octanol–water partition coefficient (Wildman–Crippen LogP) is 2.92. The van der Waals surface area contributed by atoms with E-state index in [2.05, 4.69) is 4.98 Å². The number of H-pyrrole nitrogens is 1. The van der Waals surface area contributed by atoms with Crippen molar-refractivity contribution in [1.29, 1.82) is 0 Å². The number of aromatic amines is 1. The van der Waals surface area contributed by atoms with E-state index in [4.69, 9.17) is 10.5 Å². The van der Waals surface area contributed by atoms with Crippen molar-refractivity contribution in [3.05, 3.63) is 65.9 Å². The van der Waals surface area contributed by atoms with Crippen LogP contribution >= 0.6 is 0 Å². The molecule has 0 aliphatic carbocycles. The van der Waals surface area contributed by atoms with E-state index in [1.807, 2.05) is 59.5 Å². The van der Waals surface area contributed by atoms with Gasteiger partial charge >= 0.3 is 0 Å². The first-order valence-corrected chi connectivity index (χ1v) is 8.53. The zero-order valence-electron chi connectivity index (χ0n) is 13.9. The Hall–Kier alpha value is -2.79. The summed E-state index contributed by atoms with van der Waals surface area (Å²) < 4.78 is 5.85. The summed E-state index contributed by atoms with van der Waals surface area (Å²) in [6, 6.07) is 17.9. The molecule has 3 N–H and O–H groups in total. The molecule has 1 aromatic heterocycles. The number of benzene rings is 2. The number of nitrogens with two attached hydrogens (primary N) is 1. The SMILES string of the molecule is NC1CCN(C(=O)c2cc3ccc(OCc4ccccc4)cc3[nH]2)C1. The minimum atomic E-state index is 0.0101. The molecule has 0 spiro atoms. The highest BCUT2D eigenvalue weighted by Gasteiger charge is 2.25. The van der Waals surface area contributed by atoms with E-state index < -0.39 is 0 Å². The summed E-state index contributed by atoms with van der Waals surface area (Å²) in [4.78, 5) is 17.6. The Morgan fingerprint density at radius 3 is 2.80 bits per heavy atom. The number of carbonyl (C=O) groups excluding carboxylic acids is 1. The summed E-state index contributed by atoms with van der Waals surface area (Å²) >= 11 is 0. The second-order valence-electron chi connectivity index (χ2n) is 6.51.